The highest BCUT2D eigenvalue weighted by Crippen LogP contribution is 2.21. The van der Waals surface area contributed by atoms with Gasteiger partial charge in [0, 0.05) is 0 Å². The summed E-state index contributed by atoms with van der Waals surface area (Å²) in [7, 11) is 0. The van der Waals surface area contributed by atoms with Crippen LogP contribution in [0.2, 0.25) is 0 Å². The van der Waals surface area contributed by atoms with Gasteiger partial charge in [-0.3, -0.25) is 0 Å². The molecule has 0 aliphatic carbocycles. The molecule has 0 aliphatic rings. The highest BCUT2D eigenvalue weighted by Gasteiger charge is 2.09. The molecule has 0 aromatic heterocycles. The van der Waals surface area contributed by atoms with Crippen LogP contribution in [0.1, 0.15) is 34.1 Å². The summed E-state index contributed by atoms with van der Waals surface area (Å²) in [5.74, 6) is 3.16. The van der Waals surface area contributed by atoms with Crippen molar-refractivity contribution in [2.45, 2.75) is 34.1 Å². The molecule has 0 saturated heterocycles. The predicted molar refractivity (Wildman–Crippen MR) is 59.6 cm³/mol. The maximum absolute atomic E-state index is 5.53. The summed E-state index contributed by atoms with van der Waals surface area (Å²) < 4.78 is 0. The van der Waals surface area contributed by atoms with Crippen molar-refractivity contribution in [2.24, 2.45) is 17.1 Å². The van der Waals surface area contributed by atoms with Crippen molar-refractivity contribution in [1.82, 2.24) is 0 Å². The Morgan fingerprint density at radius 2 is 1.92 bits per heavy atom. The highest BCUT2D eigenvalue weighted by molar-refractivity contribution is 7.99. The van der Waals surface area contributed by atoms with Gasteiger partial charge in [-0.15, -0.1) is 0 Å². The molecule has 0 bridgehead atoms. The molecule has 2 N–H and O–H groups in total. The first-order valence-electron chi connectivity index (χ1n) is 4.73. The molecule has 74 valence electrons. The van der Waals surface area contributed by atoms with Crippen molar-refractivity contribution in [2.75, 3.05) is 18.1 Å². The van der Waals surface area contributed by atoms with Crippen LogP contribution in [0.4, 0.5) is 0 Å². The zero-order valence-electron chi connectivity index (χ0n) is 8.89. The van der Waals surface area contributed by atoms with E-state index in [9.17, 15) is 0 Å². The first kappa shape index (κ1) is 12.3. The fourth-order valence-corrected chi connectivity index (χ4v) is 2.19. The molecule has 0 fully saturated rings. The molecule has 1 atom stereocenters. The van der Waals surface area contributed by atoms with E-state index >= 15 is 0 Å². The number of hydrogen-bond donors (Lipinski definition) is 1. The third kappa shape index (κ3) is 8.41. The van der Waals surface area contributed by atoms with Gasteiger partial charge in [-0.2, -0.15) is 11.8 Å². The molecular weight excluding hydrogens is 166 g/mol. The number of thioether (sulfide) groups is 1. The van der Waals surface area contributed by atoms with E-state index < -0.39 is 0 Å². The van der Waals surface area contributed by atoms with E-state index in [4.69, 9.17) is 5.73 Å². The molecule has 12 heavy (non-hydrogen) atoms. The Morgan fingerprint density at radius 1 is 1.33 bits per heavy atom. The Hall–Kier alpha value is 0.310. The molecule has 1 unspecified atom stereocenters. The van der Waals surface area contributed by atoms with Crippen molar-refractivity contribution in [3.63, 3.8) is 0 Å². The van der Waals surface area contributed by atoms with Gasteiger partial charge in [0.1, 0.15) is 0 Å². The summed E-state index contributed by atoms with van der Waals surface area (Å²) in [4.78, 5) is 0. The molecule has 0 amide bonds. The largest absolute Gasteiger partial charge is 0.330 e. The van der Waals surface area contributed by atoms with Gasteiger partial charge in [-0.25, -0.2) is 0 Å². The van der Waals surface area contributed by atoms with E-state index in [0.717, 1.165) is 6.54 Å². The van der Waals surface area contributed by atoms with Crippen LogP contribution in [0.3, 0.4) is 0 Å². The number of rotatable bonds is 5. The van der Waals surface area contributed by atoms with Crippen molar-refractivity contribution >= 4 is 11.8 Å². The lowest BCUT2D eigenvalue weighted by Gasteiger charge is -2.17. The molecule has 2 heteroatoms. The summed E-state index contributed by atoms with van der Waals surface area (Å²) >= 11 is 2.03. The van der Waals surface area contributed by atoms with Crippen LogP contribution in [0.15, 0.2) is 0 Å². The molecular formula is C10H23NS. The second kappa shape index (κ2) is 5.87. The SMILES string of the molecule is CC(CN)CSCCC(C)(C)C. The Kier molecular flexibility index (Phi) is 6.02. The second-order valence-corrected chi connectivity index (χ2v) is 5.88. The molecule has 0 saturated carbocycles. The molecule has 0 aromatic rings. The Bertz CT molecular complexity index is 107. The van der Waals surface area contributed by atoms with E-state index in [0.29, 0.717) is 11.3 Å². The molecule has 0 radical (unpaired) electrons. The minimum atomic E-state index is 0.485. The highest BCUT2D eigenvalue weighted by atomic mass is 32.2. The van der Waals surface area contributed by atoms with Crippen LogP contribution in [0, 0.1) is 11.3 Å². The Balaban J connectivity index is 3.22. The van der Waals surface area contributed by atoms with E-state index in [1.165, 1.54) is 17.9 Å². The van der Waals surface area contributed by atoms with Gasteiger partial charge in [-0.1, -0.05) is 27.7 Å². The van der Waals surface area contributed by atoms with Crippen LogP contribution >= 0.6 is 11.8 Å². The van der Waals surface area contributed by atoms with E-state index in [-0.39, 0.29) is 0 Å². The molecule has 0 aliphatic heterocycles. The van der Waals surface area contributed by atoms with Crippen molar-refractivity contribution in [1.29, 1.82) is 0 Å². The summed E-state index contributed by atoms with van der Waals surface area (Å²) in [5, 5.41) is 0. The zero-order valence-corrected chi connectivity index (χ0v) is 9.71. The molecule has 0 aromatic carbocycles. The van der Waals surface area contributed by atoms with Gasteiger partial charge in [0.2, 0.25) is 0 Å². The summed E-state index contributed by atoms with van der Waals surface area (Å²) in [6.07, 6.45) is 1.30. The first-order chi connectivity index (χ1) is 5.45. The molecule has 1 nitrogen and oxygen atoms in total. The Morgan fingerprint density at radius 3 is 2.33 bits per heavy atom. The summed E-state index contributed by atoms with van der Waals surface area (Å²) in [5.41, 5.74) is 6.01. The minimum Gasteiger partial charge on any atom is -0.330 e. The normalized spacial score (nSPS) is 14.8. The molecule has 0 heterocycles. The van der Waals surface area contributed by atoms with Gasteiger partial charge in [0.05, 0.1) is 0 Å². The maximum atomic E-state index is 5.53. The third-order valence-electron chi connectivity index (χ3n) is 1.80. The summed E-state index contributed by atoms with van der Waals surface area (Å²) in [6, 6.07) is 0. The number of hydrogen-bond acceptors (Lipinski definition) is 2. The van der Waals surface area contributed by atoms with Gasteiger partial charge < -0.3 is 5.73 Å². The van der Waals surface area contributed by atoms with Crippen molar-refractivity contribution < 1.29 is 0 Å². The average molecular weight is 189 g/mol. The zero-order chi connectivity index (χ0) is 9.61. The van der Waals surface area contributed by atoms with Crippen LogP contribution in [0.25, 0.3) is 0 Å². The van der Waals surface area contributed by atoms with Crippen LogP contribution < -0.4 is 5.73 Å². The predicted octanol–water partition coefficient (Wildman–Crippen LogP) is 2.75. The van der Waals surface area contributed by atoms with Crippen molar-refractivity contribution in [3.8, 4) is 0 Å². The van der Waals surface area contributed by atoms with Gasteiger partial charge in [0.25, 0.3) is 0 Å². The van der Waals surface area contributed by atoms with Gasteiger partial charge in [-0.05, 0) is 35.8 Å². The Labute approximate surface area is 81.5 Å². The summed E-state index contributed by atoms with van der Waals surface area (Å²) in [6.45, 7) is 9.91. The molecule has 0 rings (SSSR count). The number of nitrogens with two attached hydrogens (primary N) is 1. The van der Waals surface area contributed by atoms with E-state index in [1.807, 2.05) is 11.8 Å². The lowest BCUT2D eigenvalue weighted by molar-refractivity contribution is 0.401. The third-order valence-corrected chi connectivity index (χ3v) is 3.10. The molecule has 0 spiro atoms. The van der Waals surface area contributed by atoms with Crippen molar-refractivity contribution in [3.05, 3.63) is 0 Å². The second-order valence-electron chi connectivity index (χ2n) is 4.73. The van der Waals surface area contributed by atoms with Gasteiger partial charge >= 0.3 is 0 Å². The van der Waals surface area contributed by atoms with E-state index in [2.05, 4.69) is 27.7 Å². The minimum absolute atomic E-state index is 0.485. The average Bonchev–Trinajstić information content (AvgIpc) is 1.96. The standard InChI is InChI=1S/C10H23NS/c1-9(7-11)8-12-6-5-10(2,3)4/h9H,5-8,11H2,1-4H3. The smallest absolute Gasteiger partial charge is 0.00297 e. The fourth-order valence-electron chi connectivity index (χ4n) is 0.731. The van der Waals surface area contributed by atoms with Gasteiger partial charge in [0.15, 0.2) is 0 Å². The first-order valence-corrected chi connectivity index (χ1v) is 5.89. The maximum Gasteiger partial charge on any atom is -0.00297 e. The quantitative estimate of drug-likeness (QED) is 0.673. The van der Waals surface area contributed by atoms with E-state index in [1.54, 1.807) is 0 Å². The van der Waals surface area contributed by atoms with Crippen LogP contribution in [-0.4, -0.2) is 18.1 Å². The topological polar surface area (TPSA) is 26.0 Å². The lowest BCUT2D eigenvalue weighted by Crippen LogP contribution is -2.13. The van der Waals surface area contributed by atoms with Crippen LogP contribution in [-0.2, 0) is 0 Å². The lowest BCUT2D eigenvalue weighted by atomic mass is 9.94. The monoisotopic (exact) mass is 189 g/mol. The van der Waals surface area contributed by atoms with Crippen LogP contribution in [0.5, 0.6) is 0 Å². The fraction of sp³-hybridized carbons (Fsp3) is 1.00.